The van der Waals surface area contributed by atoms with Crippen LogP contribution in [0.1, 0.15) is 34.1 Å². The Morgan fingerprint density at radius 3 is 2.35 bits per heavy atom. The Labute approximate surface area is 106 Å². The average Bonchev–Trinajstić information content (AvgIpc) is 2.15. The molecule has 0 fully saturated rings. The van der Waals surface area contributed by atoms with E-state index in [1.807, 2.05) is 6.92 Å². The van der Waals surface area contributed by atoms with Crippen molar-refractivity contribution in [3.63, 3.8) is 0 Å². The summed E-state index contributed by atoms with van der Waals surface area (Å²) in [6, 6.07) is 0. The van der Waals surface area contributed by atoms with Crippen molar-refractivity contribution >= 4 is 9.84 Å². The van der Waals surface area contributed by atoms with Crippen LogP contribution in [0.15, 0.2) is 0 Å². The fourth-order valence-corrected chi connectivity index (χ4v) is 2.48. The number of hydrogen-bond acceptors (Lipinski definition) is 4. The Morgan fingerprint density at radius 1 is 1.18 bits per heavy atom. The summed E-state index contributed by atoms with van der Waals surface area (Å²) in [7, 11) is -2.91. The molecule has 4 nitrogen and oxygen atoms in total. The van der Waals surface area contributed by atoms with Gasteiger partial charge < -0.3 is 10.1 Å². The van der Waals surface area contributed by atoms with E-state index in [1.165, 1.54) is 0 Å². The van der Waals surface area contributed by atoms with Crippen LogP contribution in [-0.4, -0.2) is 46.2 Å². The molecular weight excluding hydrogens is 238 g/mol. The first-order valence-corrected chi connectivity index (χ1v) is 8.08. The molecule has 0 unspecified atom stereocenters. The molecule has 0 aliphatic rings. The first-order chi connectivity index (χ1) is 7.77. The zero-order valence-electron chi connectivity index (χ0n) is 11.6. The van der Waals surface area contributed by atoms with Crippen LogP contribution >= 0.6 is 0 Å². The summed E-state index contributed by atoms with van der Waals surface area (Å²) in [6.45, 7) is 10.8. The number of sulfone groups is 1. The van der Waals surface area contributed by atoms with E-state index in [2.05, 4.69) is 26.1 Å². The lowest BCUT2D eigenvalue weighted by atomic mass is 9.99. The third-order valence-corrected chi connectivity index (χ3v) is 3.86. The van der Waals surface area contributed by atoms with Crippen LogP contribution in [0.3, 0.4) is 0 Å². The van der Waals surface area contributed by atoms with Gasteiger partial charge in [-0.15, -0.1) is 0 Å². The summed E-state index contributed by atoms with van der Waals surface area (Å²) in [5, 5.41) is 3.02. The first-order valence-electron chi connectivity index (χ1n) is 6.26. The van der Waals surface area contributed by atoms with Gasteiger partial charge in [0, 0.05) is 13.2 Å². The fourth-order valence-electron chi connectivity index (χ4n) is 1.27. The Morgan fingerprint density at radius 2 is 1.82 bits per heavy atom. The second-order valence-electron chi connectivity index (χ2n) is 5.47. The molecule has 0 atom stereocenters. The molecule has 0 radical (unpaired) electrons. The fraction of sp³-hybridized carbons (Fsp3) is 1.00. The molecule has 0 amide bonds. The van der Waals surface area contributed by atoms with Gasteiger partial charge in [0.25, 0.3) is 0 Å². The van der Waals surface area contributed by atoms with Crippen LogP contribution in [0.25, 0.3) is 0 Å². The van der Waals surface area contributed by atoms with Crippen LogP contribution in [0.2, 0.25) is 0 Å². The third kappa shape index (κ3) is 12.1. The molecule has 17 heavy (non-hydrogen) atoms. The van der Waals surface area contributed by atoms with Crippen LogP contribution in [0.5, 0.6) is 0 Å². The van der Waals surface area contributed by atoms with E-state index < -0.39 is 9.84 Å². The van der Waals surface area contributed by atoms with Crippen LogP contribution < -0.4 is 5.32 Å². The van der Waals surface area contributed by atoms with E-state index in [0.717, 1.165) is 6.54 Å². The van der Waals surface area contributed by atoms with Gasteiger partial charge in [0.15, 0.2) is 9.84 Å². The van der Waals surface area contributed by atoms with Gasteiger partial charge in [-0.05, 0) is 18.4 Å². The van der Waals surface area contributed by atoms with Gasteiger partial charge in [0.05, 0.1) is 18.1 Å². The van der Waals surface area contributed by atoms with Gasteiger partial charge in [-0.1, -0.05) is 27.7 Å². The molecule has 104 valence electrons. The Balaban J connectivity index is 3.59. The third-order valence-electron chi connectivity index (χ3n) is 2.12. The standard InChI is InChI=1S/C12H27NO3S/c1-5-13-7-10-17(14,15)9-6-8-16-11-12(2,3)4/h13H,5-11H2,1-4H3. The molecule has 0 heterocycles. The second-order valence-corrected chi connectivity index (χ2v) is 7.78. The van der Waals surface area contributed by atoms with Crippen molar-refractivity contribution < 1.29 is 13.2 Å². The van der Waals surface area contributed by atoms with Gasteiger partial charge in [-0.3, -0.25) is 0 Å². The molecule has 0 spiro atoms. The van der Waals surface area contributed by atoms with Gasteiger partial charge in [0.2, 0.25) is 0 Å². The van der Waals surface area contributed by atoms with Crippen molar-refractivity contribution in [1.29, 1.82) is 0 Å². The van der Waals surface area contributed by atoms with Gasteiger partial charge in [-0.2, -0.15) is 0 Å². The quantitative estimate of drug-likeness (QED) is 0.641. The Bertz CT molecular complexity index is 281. The highest BCUT2D eigenvalue weighted by molar-refractivity contribution is 7.91. The lowest BCUT2D eigenvalue weighted by Gasteiger charge is -2.17. The highest BCUT2D eigenvalue weighted by Crippen LogP contribution is 2.12. The first kappa shape index (κ1) is 16.9. The average molecular weight is 265 g/mol. The summed E-state index contributed by atoms with van der Waals surface area (Å²) in [4.78, 5) is 0. The molecule has 0 saturated carbocycles. The minimum atomic E-state index is -2.91. The molecule has 0 saturated heterocycles. The summed E-state index contributed by atoms with van der Waals surface area (Å²) in [5.41, 5.74) is 0.143. The van der Waals surface area contributed by atoms with E-state index in [1.54, 1.807) is 0 Å². The van der Waals surface area contributed by atoms with E-state index in [9.17, 15) is 8.42 Å². The minimum absolute atomic E-state index is 0.143. The monoisotopic (exact) mass is 265 g/mol. The maximum Gasteiger partial charge on any atom is 0.151 e. The highest BCUT2D eigenvalue weighted by atomic mass is 32.2. The zero-order valence-corrected chi connectivity index (χ0v) is 12.4. The lowest BCUT2D eigenvalue weighted by Crippen LogP contribution is -2.24. The maximum atomic E-state index is 11.6. The number of ether oxygens (including phenoxy) is 1. The SMILES string of the molecule is CCNCCS(=O)(=O)CCCOCC(C)(C)C. The molecule has 0 aromatic rings. The van der Waals surface area contributed by atoms with Gasteiger partial charge in [0.1, 0.15) is 0 Å². The van der Waals surface area contributed by atoms with Crippen LogP contribution in [-0.2, 0) is 14.6 Å². The molecule has 5 heteroatoms. The van der Waals surface area contributed by atoms with Crippen molar-refractivity contribution in [2.24, 2.45) is 5.41 Å². The lowest BCUT2D eigenvalue weighted by molar-refractivity contribution is 0.0720. The van der Waals surface area contributed by atoms with E-state index in [0.29, 0.717) is 26.2 Å². The van der Waals surface area contributed by atoms with Crippen molar-refractivity contribution in [2.45, 2.75) is 34.1 Å². The molecular formula is C12H27NO3S. The molecule has 0 aliphatic heterocycles. The van der Waals surface area contributed by atoms with Crippen molar-refractivity contribution in [3.8, 4) is 0 Å². The molecule has 0 rings (SSSR count). The smallest absolute Gasteiger partial charge is 0.151 e. The predicted octanol–water partition coefficient (Wildman–Crippen LogP) is 1.46. The predicted molar refractivity (Wildman–Crippen MR) is 72.1 cm³/mol. The number of nitrogens with one attached hydrogen (secondary N) is 1. The molecule has 1 N–H and O–H groups in total. The van der Waals surface area contributed by atoms with E-state index in [-0.39, 0.29) is 16.9 Å². The largest absolute Gasteiger partial charge is 0.381 e. The summed E-state index contributed by atoms with van der Waals surface area (Å²) >= 11 is 0. The van der Waals surface area contributed by atoms with Crippen molar-refractivity contribution in [1.82, 2.24) is 5.32 Å². The summed E-state index contributed by atoms with van der Waals surface area (Å²) < 4.78 is 28.6. The van der Waals surface area contributed by atoms with Crippen LogP contribution in [0.4, 0.5) is 0 Å². The van der Waals surface area contributed by atoms with E-state index in [4.69, 9.17) is 4.74 Å². The van der Waals surface area contributed by atoms with Crippen molar-refractivity contribution in [3.05, 3.63) is 0 Å². The summed E-state index contributed by atoms with van der Waals surface area (Å²) in [5.74, 6) is 0.447. The maximum absolute atomic E-state index is 11.6. The van der Waals surface area contributed by atoms with Gasteiger partial charge in [-0.25, -0.2) is 8.42 Å². The normalized spacial score (nSPS) is 12.9. The van der Waals surface area contributed by atoms with Gasteiger partial charge >= 0.3 is 0 Å². The summed E-state index contributed by atoms with van der Waals surface area (Å²) in [6.07, 6.45) is 0.588. The highest BCUT2D eigenvalue weighted by Gasteiger charge is 2.12. The molecule has 0 aliphatic carbocycles. The minimum Gasteiger partial charge on any atom is -0.381 e. The second kappa shape index (κ2) is 8.06. The van der Waals surface area contributed by atoms with E-state index >= 15 is 0 Å². The molecule has 0 bridgehead atoms. The Hall–Kier alpha value is -0.130. The number of hydrogen-bond donors (Lipinski definition) is 1. The topological polar surface area (TPSA) is 55.4 Å². The number of rotatable bonds is 9. The molecule has 0 aromatic carbocycles. The van der Waals surface area contributed by atoms with Crippen molar-refractivity contribution in [2.75, 3.05) is 37.8 Å². The van der Waals surface area contributed by atoms with Crippen LogP contribution in [0, 0.1) is 5.41 Å². The Kier molecular flexibility index (Phi) is 8.00. The zero-order chi connectivity index (χ0) is 13.4. The molecule has 0 aromatic heterocycles.